The Labute approximate surface area is 167 Å². The van der Waals surface area contributed by atoms with Crippen molar-refractivity contribution < 1.29 is 9.21 Å². The monoisotopic (exact) mass is 390 g/mol. The summed E-state index contributed by atoms with van der Waals surface area (Å²) >= 11 is 0. The number of aliphatic imine (C=N–C) groups is 1. The number of hydrogen-bond donors (Lipinski definition) is 2. The summed E-state index contributed by atoms with van der Waals surface area (Å²) in [5.74, 6) is 4.85. The number of hydrogen-bond acceptors (Lipinski definition) is 9. The number of hydrazone groups is 1. The maximum atomic E-state index is 12.5. The Balaban J connectivity index is 1.63. The molecule has 3 rings (SSSR count). The Hall–Kier alpha value is -4.18. The number of amides is 1. The lowest BCUT2D eigenvalue weighted by Crippen LogP contribution is -2.36. The summed E-state index contributed by atoms with van der Waals surface area (Å²) in [6.45, 7) is 0.773. The molecule has 1 aliphatic rings. The van der Waals surface area contributed by atoms with Gasteiger partial charge in [-0.1, -0.05) is 12.1 Å². The fourth-order valence-electron chi connectivity index (χ4n) is 3.09. The van der Waals surface area contributed by atoms with E-state index < -0.39 is 5.91 Å². The van der Waals surface area contributed by atoms with Crippen LogP contribution in [0.2, 0.25) is 0 Å². The number of nitrogens with one attached hydrogen (secondary N) is 1. The van der Waals surface area contributed by atoms with E-state index in [2.05, 4.69) is 32.7 Å². The number of rotatable bonds is 6. The summed E-state index contributed by atoms with van der Waals surface area (Å²) < 4.78 is 5.55. The zero-order valence-electron chi connectivity index (χ0n) is 15.4. The van der Waals surface area contributed by atoms with Crippen molar-refractivity contribution in [1.29, 1.82) is 10.5 Å². The first kappa shape index (κ1) is 19.6. The Kier molecular flexibility index (Phi) is 6.18. The minimum absolute atomic E-state index is 0.0773. The molecule has 1 aliphatic heterocycles. The van der Waals surface area contributed by atoms with Crippen LogP contribution in [-0.2, 0) is 0 Å². The summed E-state index contributed by atoms with van der Waals surface area (Å²) in [6, 6.07) is 8.53. The molecule has 2 heterocycles. The average molecular weight is 390 g/mol. The lowest BCUT2D eigenvalue weighted by Gasteiger charge is -2.14. The predicted molar refractivity (Wildman–Crippen MR) is 105 cm³/mol. The highest BCUT2D eigenvalue weighted by Crippen LogP contribution is 2.22. The standard InChI is InChI=1S/C19H18N8O2/c20-8-13-2-1-3-14(6-13)17-10-24-19(29-17)18(28)26-15-7-16(27(11-15)12-21)9-23-4-5-25-22/h1-6,10,15-16H,7,9,11,22H2,(H,26,28)/t15-,16+/m1/s1. The molecule has 0 unspecified atom stereocenters. The van der Waals surface area contributed by atoms with Crippen molar-refractivity contribution in [3.63, 3.8) is 0 Å². The summed E-state index contributed by atoms with van der Waals surface area (Å²) in [4.78, 5) is 22.2. The summed E-state index contributed by atoms with van der Waals surface area (Å²) in [6.07, 6.45) is 6.95. The molecule has 0 saturated carbocycles. The Morgan fingerprint density at radius 2 is 2.31 bits per heavy atom. The maximum absolute atomic E-state index is 12.5. The van der Waals surface area contributed by atoms with Gasteiger partial charge in [-0.3, -0.25) is 9.79 Å². The number of carbonyl (C=O) groups excluding carboxylic acids is 1. The number of nitrogens with two attached hydrogens (primary N) is 1. The molecule has 1 saturated heterocycles. The van der Waals surface area contributed by atoms with Gasteiger partial charge in [-0.05, 0) is 18.6 Å². The summed E-state index contributed by atoms with van der Waals surface area (Å²) in [5.41, 5.74) is 1.14. The molecular weight excluding hydrogens is 372 g/mol. The van der Waals surface area contributed by atoms with E-state index in [-0.39, 0.29) is 18.0 Å². The Morgan fingerprint density at radius 3 is 3.07 bits per heavy atom. The molecule has 0 radical (unpaired) electrons. The van der Waals surface area contributed by atoms with Gasteiger partial charge < -0.3 is 20.5 Å². The van der Waals surface area contributed by atoms with Crippen LogP contribution in [0.1, 0.15) is 22.7 Å². The van der Waals surface area contributed by atoms with Gasteiger partial charge in [-0.15, -0.1) is 0 Å². The first-order valence-corrected chi connectivity index (χ1v) is 8.80. The second-order valence-corrected chi connectivity index (χ2v) is 6.35. The molecule has 0 spiro atoms. The zero-order valence-corrected chi connectivity index (χ0v) is 15.4. The van der Waals surface area contributed by atoms with Crippen LogP contribution in [0.25, 0.3) is 11.3 Å². The topological polar surface area (TPSA) is 157 Å². The SMILES string of the molecule is N#Cc1cccc(-c2cnc(C(=O)N[C@@H]3C[C@@H](CN=CC=NN)N(C#N)C3)o2)c1. The summed E-state index contributed by atoms with van der Waals surface area (Å²) in [5, 5.41) is 24.4. The maximum Gasteiger partial charge on any atom is 0.307 e. The molecular formula is C19H18N8O2. The Bertz CT molecular complexity index is 1010. The van der Waals surface area contributed by atoms with E-state index in [0.717, 1.165) is 0 Å². The van der Waals surface area contributed by atoms with Gasteiger partial charge >= 0.3 is 5.91 Å². The molecule has 1 fully saturated rings. The third-order valence-electron chi connectivity index (χ3n) is 4.43. The van der Waals surface area contributed by atoms with Crippen LogP contribution in [0.15, 0.2) is 45.0 Å². The molecule has 1 aromatic heterocycles. The van der Waals surface area contributed by atoms with E-state index in [0.29, 0.717) is 36.4 Å². The van der Waals surface area contributed by atoms with E-state index in [1.807, 2.05) is 0 Å². The lowest BCUT2D eigenvalue weighted by atomic mass is 10.1. The minimum Gasteiger partial charge on any atom is -0.432 e. The smallest absolute Gasteiger partial charge is 0.307 e. The molecule has 0 aliphatic carbocycles. The van der Waals surface area contributed by atoms with Gasteiger partial charge in [0.15, 0.2) is 12.0 Å². The number of benzene rings is 1. The van der Waals surface area contributed by atoms with Crippen molar-refractivity contribution in [3.8, 4) is 23.6 Å². The molecule has 146 valence electrons. The first-order chi connectivity index (χ1) is 14.1. The van der Waals surface area contributed by atoms with Gasteiger partial charge in [0.2, 0.25) is 0 Å². The summed E-state index contributed by atoms with van der Waals surface area (Å²) in [7, 11) is 0. The van der Waals surface area contributed by atoms with Gasteiger partial charge in [0, 0.05) is 24.4 Å². The molecule has 2 atom stereocenters. The van der Waals surface area contributed by atoms with E-state index in [4.69, 9.17) is 15.5 Å². The van der Waals surface area contributed by atoms with Gasteiger partial charge in [0.05, 0.1) is 36.6 Å². The van der Waals surface area contributed by atoms with Crippen LogP contribution in [0.5, 0.6) is 0 Å². The third-order valence-corrected chi connectivity index (χ3v) is 4.43. The van der Waals surface area contributed by atoms with Crippen LogP contribution in [0.4, 0.5) is 0 Å². The van der Waals surface area contributed by atoms with Crippen molar-refractivity contribution in [2.75, 3.05) is 13.1 Å². The minimum atomic E-state index is -0.463. The van der Waals surface area contributed by atoms with Crippen LogP contribution >= 0.6 is 0 Å². The van der Waals surface area contributed by atoms with Crippen molar-refractivity contribution in [3.05, 3.63) is 41.9 Å². The fraction of sp³-hybridized carbons (Fsp3) is 0.263. The van der Waals surface area contributed by atoms with Gasteiger partial charge in [-0.25, -0.2) is 4.98 Å². The zero-order chi connectivity index (χ0) is 20.6. The normalized spacial score (nSPS) is 18.8. The number of nitrogens with zero attached hydrogens (tertiary/aromatic N) is 6. The molecule has 1 amide bonds. The van der Waals surface area contributed by atoms with Gasteiger partial charge in [0.25, 0.3) is 5.89 Å². The third kappa shape index (κ3) is 4.76. The molecule has 10 heteroatoms. The molecule has 0 bridgehead atoms. The second-order valence-electron chi connectivity index (χ2n) is 6.35. The van der Waals surface area contributed by atoms with Crippen molar-refractivity contribution in [1.82, 2.24) is 15.2 Å². The van der Waals surface area contributed by atoms with E-state index >= 15 is 0 Å². The van der Waals surface area contributed by atoms with Crippen LogP contribution in [0.3, 0.4) is 0 Å². The van der Waals surface area contributed by atoms with Crippen molar-refractivity contribution >= 4 is 18.3 Å². The highest BCUT2D eigenvalue weighted by molar-refractivity contribution is 6.15. The second kappa shape index (κ2) is 9.15. The predicted octanol–water partition coefficient (Wildman–Crippen LogP) is 0.882. The van der Waals surface area contributed by atoms with E-state index in [9.17, 15) is 10.1 Å². The first-order valence-electron chi connectivity index (χ1n) is 8.80. The van der Waals surface area contributed by atoms with Crippen molar-refractivity contribution in [2.24, 2.45) is 15.9 Å². The largest absolute Gasteiger partial charge is 0.432 e. The van der Waals surface area contributed by atoms with Crippen LogP contribution in [-0.4, -0.2) is 53.4 Å². The molecule has 10 nitrogen and oxygen atoms in total. The van der Waals surface area contributed by atoms with Crippen LogP contribution in [0, 0.1) is 22.8 Å². The number of carbonyl (C=O) groups is 1. The quantitative estimate of drug-likeness (QED) is 0.321. The highest BCUT2D eigenvalue weighted by Gasteiger charge is 2.33. The lowest BCUT2D eigenvalue weighted by molar-refractivity contribution is 0.0904. The number of likely N-dealkylation sites (tertiary alicyclic amines) is 1. The van der Waals surface area contributed by atoms with E-state index in [1.165, 1.54) is 18.6 Å². The Morgan fingerprint density at radius 1 is 1.45 bits per heavy atom. The molecule has 2 aromatic rings. The number of aromatic nitrogens is 1. The number of nitriles is 2. The van der Waals surface area contributed by atoms with Gasteiger partial charge in [0.1, 0.15) is 0 Å². The van der Waals surface area contributed by atoms with Gasteiger partial charge in [-0.2, -0.15) is 15.6 Å². The number of oxazole rings is 1. The van der Waals surface area contributed by atoms with Crippen LogP contribution < -0.4 is 11.2 Å². The fourth-order valence-corrected chi connectivity index (χ4v) is 3.09. The van der Waals surface area contributed by atoms with Crippen molar-refractivity contribution in [2.45, 2.75) is 18.5 Å². The average Bonchev–Trinajstić information content (AvgIpc) is 3.38. The van der Waals surface area contributed by atoms with E-state index in [1.54, 1.807) is 29.2 Å². The highest BCUT2D eigenvalue weighted by atomic mass is 16.4. The molecule has 29 heavy (non-hydrogen) atoms. The molecule has 1 aromatic carbocycles. The molecule has 3 N–H and O–H groups in total.